The van der Waals surface area contributed by atoms with Crippen molar-refractivity contribution in [3.63, 3.8) is 0 Å². The van der Waals surface area contributed by atoms with Crippen molar-refractivity contribution >= 4 is 28.8 Å². The largest absolute Gasteiger partial charge is 0.609 e. The van der Waals surface area contributed by atoms with Crippen LogP contribution in [0, 0.1) is 5.41 Å². The lowest BCUT2D eigenvalue weighted by Gasteiger charge is -2.40. The first-order chi connectivity index (χ1) is 11.5. The molecule has 1 aliphatic carbocycles. The van der Waals surface area contributed by atoms with Crippen LogP contribution >= 0.6 is 0 Å². The van der Waals surface area contributed by atoms with E-state index in [-0.39, 0.29) is 23.0 Å². The summed E-state index contributed by atoms with van der Waals surface area (Å²) < 4.78 is 11.8. The van der Waals surface area contributed by atoms with E-state index in [2.05, 4.69) is 15.3 Å². The lowest BCUT2D eigenvalue weighted by atomic mass is 9.76. The monoisotopic (exact) mass is 348 g/mol. The Bertz CT molecular complexity index is 705. The highest BCUT2D eigenvalue weighted by Gasteiger charge is 2.56. The number of carbonyl (C=O) groups is 2. The molecule has 3 aliphatic rings. The molecule has 1 saturated carbocycles. The quantitative estimate of drug-likeness (QED) is 0.478. The Morgan fingerprint density at radius 3 is 2.75 bits per heavy atom. The first-order valence-corrected chi connectivity index (χ1v) is 9.90. The van der Waals surface area contributed by atoms with E-state index in [1.807, 2.05) is 0 Å². The van der Waals surface area contributed by atoms with Crippen LogP contribution in [0.2, 0.25) is 0 Å². The number of carbonyl (C=O) groups excluding carboxylic acids is 2. The van der Waals surface area contributed by atoms with E-state index >= 15 is 0 Å². The van der Waals surface area contributed by atoms with Crippen LogP contribution in [0.3, 0.4) is 0 Å². The van der Waals surface area contributed by atoms with Crippen molar-refractivity contribution in [3.05, 3.63) is 11.8 Å². The van der Waals surface area contributed by atoms with Crippen molar-refractivity contribution in [2.75, 3.05) is 17.7 Å². The van der Waals surface area contributed by atoms with Crippen LogP contribution in [-0.2, 0) is 27.2 Å². The highest BCUT2D eigenvalue weighted by atomic mass is 32.2. The molecule has 2 fully saturated rings. The third-order valence-corrected chi connectivity index (χ3v) is 6.10. The second-order valence-electron chi connectivity index (χ2n) is 6.83. The van der Waals surface area contributed by atoms with E-state index < -0.39 is 16.6 Å². The lowest BCUT2D eigenvalue weighted by Crippen LogP contribution is -2.56. The summed E-state index contributed by atoms with van der Waals surface area (Å²) in [5.74, 6) is 0.213. The Morgan fingerprint density at radius 2 is 2.12 bits per heavy atom. The standard InChI is InChI=1S/C16H20N4O3S/c1-24(23)15-18-9-10-8-16(6-7-17-13(16)21)14(22)20(12(10)19-15)11-4-2-3-5-11/h9,11H,2-8H2,1H3,(H,17,21)/t16-,24?/m1/s1. The zero-order chi connectivity index (χ0) is 16.9. The number of nitrogens with zero attached hydrogens (tertiary/aromatic N) is 3. The second kappa shape index (κ2) is 5.70. The van der Waals surface area contributed by atoms with Crippen molar-refractivity contribution in [2.24, 2.45) is 5.41 Å². The van der Waals surface area contributed by atoms with Gasteiger partial charge < -0.3 is 9.87 Å². The third kappa shape index (κ3) is 2.23. The molecule has 0 aromatic carbocycles. The van der Waals surface area contributed by atoms with Crippen molar-refractivity contribution in [1.82, 2.24) is 15.3 Å². The summed E-state index contributed by atoms with van der Waals surface area (Å²) in [4.78, 5) is 36.1. The topological polar surface area (TPSA) is 98.2 Å². The van der Waals surface area contributed by atoms with Crippen LogP contribution in [0.15, 0.2) is 11.4 Å². The molecule has 8 heteroatoms. The Labute approximate surface area is 143 Å². The summed E-state index contributed by atoms with van der Waals surface area (Å²) in [5, 5.41) is 3.04. The van der Waals surface area contributed by atoms with E-state index in [1.165, 1.54) is 6.26 Å². The minimum Gasteiger partial charge on any atom is -0.609 e. The van der Waals surface area contributed by atoms with Crippen molar-refractivity contribution < 1.29 is 14.1 Å². The average Bonchev–Trinajstić information content (AvgIpc) is 3.19. The lowest BCUT2D eigenvalue weighted by molar-refractivity contribution is -0.140. The maximum Gasteiger partial charge on any atom is 0.344 e. The third-order valence-electron chi connectivity index (χ3n) is 5.39. The van der Waals surface area contributed by atoms with E-state index in [0.29, 0.717) is 25.2 Å². The molecule has 1 saturated heterocycles. The molecule has 2 aliphatic heterocycles. The minimum absolute atomic E-state index is 0.0647. The molecule has 1 spiro atoms. The molecule has 1 aromatic rings. The van der Waals surface area contributed by atoms with Gasteiger partial charge in [0.1, 0.15) is 17.5 Å². The van der Waals surface area contributed by atoms with E-state index in [1.54, 1.807) is 11.1 Å². The van der Waals surface area contributed by atoms with Gasteiger partial charge in [0.15, 0.2) is 0 Å². The van der Waals surface area contributed by atoms with Gasteiger partial charge in [-0.25, -0.2) is 0 Å². The minimum atomic E-state index is -1.31. The summed E-state index contributed by atoms with van der Waals surface area (Å²) in [5.41, 5.74) is -0.223. The average molecular weight is 348 g/mol. The van der Waals surface area contributed by atoms with Crippen molar-refractivity contribution in [1.29, 1.82) is 0 Å². The highest BCUT2D eigenvalue weighted by molar-refractivity contribution is 7.90. The number of rotatable bonds is 2. The van der Waals surface area contributed by atoms with Crippen LogP contribution in [0.4, 0.5) is 5.82 Å². The number of hydrogen-bond donors (Lipinski definition) is 1. The SMILES string of the molecule is C[S+]([O-])c1ncc2c(n1)N(C1CCCC1)C(=O)[C@]1(CCNC1=O)C2. The predicted molar refractivity (Wildman–Crippen MR) is 87.9 cm³/mol. The molecule has 1 N–H and O–H groups in total. The number of amides is 2. The fourth-order valence-corrected chi connectivity index (χ4v) is 4.54. The Morgan fingerprint density at radius 1 is 1.38 bits per heavy atom. The predicted octanol–water partition coefficient (Wildman–Crippen LogP) is 0.552. The molecule has 3 heterocycles. The molecule has 2 amide bonds. The normalized spacial score (nSPS) is 28.3. The molecule has 1 aromatic heterocycles. The molecular weight excluding hydrogens is 328 g/mol. The van der Waals surface area contributed by atoms with Crippen LogP contribution in [0.5, 0.6) is 0 Å². The van der Waals surface area contributed by atoms with Gasteiger partial charge in [-0.05, 0) is 19.3 Å². The highest BCUT2D eigenvalue weighted by Crippen LogP contribution is 2.44. The summed E-state index contributed by atoms with van der Waals surface area (Å²) in [7, 11) is 0. The van der Waals surface area contributed by atoms with Crippen LogP contribution in [0.25, 0.3) is 0 Å². The zero-order valence-electron chi connectivity index (χ0n) is 13.6. The molecule has 0 bridgehead atoms. The van der Waals surface area contributed by atoms with E-state index in [0.717, 1.165) is 31.2 Å². The maximum atomic E-state index is 13.3. The molecular formula is C16H20N4O3S. The fourth-order valence-electron chi connectivity index (χ4n) is 4.13. The Kier molecular flexibility index (Phi) is 3.76. The number of fused-ring (bicyclic) bond motifs is 1. The summed E-state index contributed by atoms with van der Waals surface area (Å²) >= 11 is -1.31. The first kappa shape index (κ1) is 15.8. The summed E-state index contributed by atoms with van der Waals surface area (Å²) in [6.45, 7) is 0.524. The molecule has 24 heavy (non-hydrogen) atoms. The number of nitrogens with one attached hydrogen (secondary N) is 1. The van der Waals surface area contributed by atoms with E-state index in [4.69, 9.17) is 0 Å². The Balaban J connectivity index is 1.84. The molecule has 0 radical (unpaired) electrons. The van der Waals surface area contributed by atoms with Gasteiger partial charge in [0.05, 0.1) is 0 Å². The number of aromatic nitrogens is 2. The zero-order valence-corrected chi connectivity index (χ0v) is 14.4. The summed E-state index contributed by atoms with van der Waals surface area (Å²) in [6.07, 6.45) is 7.97. The summed E-state index contributed by atoms with van der Waals surface area (Å²) in [6, 6.07) is 0.0647. The van der Waals surface area contributed by atoms with E-state index in [9.17, 15) is 14.1 Å². The van der Waals surface area contributed by atoms with Gasteiger partial charge in [-0.3, -0.25) is 14.5 Å². The van der Waals surface area contributed by atoms with Crippen molar-refractivity contribution in [3.8, 4) is 0 Å². The smallest absolute Gasteiger partial charge is 0.344 e. The second-order valence-corrected chi connectivity index (χ2v) is 8.11. The number of anilines is 1. The van der Waals surface area contributed by atoms with Gasteiger partial charge in [0.2, 0.25) is 11.8 Å². The molecule has 1 unspecified atom stereocenters. The number of hydrogen-bond acceptors (Lipinski definition) is 5. The molecule has 4 rings (SSSR count). The van der Waals surface area contributed by atoms with Gasteiger partial charge in [-0.1, -0.05) is 12.8 Å². The van der Waals surface area contributed by atoms with Gasteiger partial charge in [0, 0.05) is 41.9 Å². The van der Waals surface area contributed by atoms with Crippen LogP contribution in [0.1, 0.15) is 37.7 Å². The molecule has 2 atom stereocenters. The molecule has 7 nitrogen and oxygen atoms in total. The van der Waals surface area contributed by atoms with Gasteiger partial charge in [-0.15, -0.1) is 0 Å². The van der Waals surface area contributed by atoms with Crippen LogP contribution < -0.4 is 10.2 Å². The van der Waals surface area contributed by atoms with Gasteiger partial charge >= 0.3 is 5.16 Å². The van der Waals surface area contributed by atoms with Crippen LogP contribution in [-0.4, -0.2) is 45.2 Å². The molecule has 128 valence electrons. The van der Waals surface area contributed by atoms with Gasteiger partial charge in [0.25, 0.3) is 0 Å². The Hall–Kier alpha value is -1.67. The van der Waals surface area contributed by atoms with Crippen molar-refractivity contribution in [2.45, 2.75) is 49.7 Å². The van der Waals surface area contributed by atoms with Gasteiger partial charge in [-0.2, -0.15) is 9.97 Å². The fraction of sp³-hybridized carbons (Fsp3) is 0.625. The first-order valence-electron chi connectivity index (χ1n) is 8.34. The maximum absolute atomic E-state index is 13.3.